The Morgan fingerprint density at radius 2 is 0.684 bits per heavy atom. The van der Waals surface area contributed by atoms with E-state index in [2.05, 4.69) is 10.6 Å². The summed E-state index contributed by atoms with van der Waals surface area (Å²) in [4.78, 5) is 26.2. The van der Waals surface area contributed by atoms with Crippen molar-refractivity contribution in [1.82, 2.24) is 10.6 Å². The highest BCUT2D eigenvalue weighted by Crippen LogP contribution is 2.26. The number of carbonyl (C=O) groups excluding carboxylic acids is 2. The van der Waals surface area contributed by atoms with Crippen LogP contribution in [-0.4, -0.2) is 24.9 Å². The molecule has 38 heavy (non-hydrogen) atoms. The Morgan fingerprint density at radius 1 is 0.421 bits per heavy atom. The van der Waals surface area contributed by atoms with Crippen molar-refractivity contribution in [2.45, 2.75) is 37.5 Å². The fourth-order valence-corrected chi connectivity index (χ4v) is 4.80. The monoisotopic (exact) mass is 504 g/mol. The molecular formula is C34H36N2O2. The first-order valence-electron chi connectivity index (χ1n) is 13.5. The molecule has 2 N–H and O–H groups in total. The molecule has 0 saturated heterocycles. The predicted octanol–water partition coefficient (Wildman–Crippen LogP) is 6.44. The number of benzene rings is 4. The van der Waals surface area contributed by atoms with Gasteiger partial charge >= 0.3 is 0 Å². The summed E-state index contributed by atoms with van der Waals surface area (Å²) >= 11 is 0. The third kappa shape index (κ3) is 7.66. The Balaban J connectivity index is 1.19. The molecule has 4 aromatic carbocycles. The zero-order valence-corrected chi connectivity index (χ0v) is 21.8. The molecule has 194 valence electrons. The lowest BCUT2D eigenvalue weighted by atomic mass is 9.90. The van der Waals surface area contributed by atoms with E-state index in [0.29, 0.717) is 13.1 Å². The summed E-state index contributed by atoms with van der Waals surface area (Å²) in [5.41, 5.74) is 3.99. The maximum absolute atomic E-state index is 13.1. The molecule has 0 radical (unpaired) electrons. The van der Waals surface area contributed by atoms with Gasteiger partial charge in [-0.3, -0.25) is 9.59 Å². The Hall–Kier alpha value is -4.18. The minimum atomic E-state index is -0.310. The first-order valence-corrected chi connectivity index (χ1v) is 13.5. The Bertz CT molecular complexity index is 1060. The second-order valence-electron chi connectivity index (χ2n) is 9.51. The van der Waals surface area contributed by atoms with Crippen LogP contribution in [0.1, 0.15) is 59.8 Å². The molecule has 0 aliphatic heterocycles. The van der Waals surface area contributed by atoms with Gasteiger partial charge in [0, 0.05) is 13.1 Å². The molecule has 0 aliphatic rings. The van der Waals surface area contributed by atoms with Crippen LogP contribution in [-0.2, 0) is 9.59 Å². The van der Waals surface area contributed by atoms with Crippen LogP contribution in [0, 0.1) is 0 Å². The number of hydrogen-bond donors (Lipinski definition) is 2. The van der Waals surface area contributed by atoms with Gasteiger partial charge in [0.1, 0.15) is 0 Å². The molecule has 0 heterocycles. The van der Waals surface area contributed by atoms with E-state index in [9.17, 15) is 9.59 Å². The average Bonchev–Trinajstić information content (AvgIpc) is 2.97. The van der Waals surface area contributed by atoms with Gasteiger partial charge in [0.2, 0.25) is 11.8 Å². The highest BCUT2D eigenvalue weighted by Gasteiger charge is 2.23. The number of amides is 2. The molecule has 4 heteroatoms. The number of carbonyl (C=O) groups is 2. The molecule has 0 aromatic heterocycles. The SMILES string of the molecule is O=C(NCCCCCCNC(=O)C(c1ccccc1)c1ccccc1)C(c1ccccc1)c1ccccc1. The van der Waals surface area contributed by atoms with Gasteiger partial charge in [-0.25, -0.2) is 0 Å². The maximum Gasteiger partial charge on any atom is 0.232 e. The van der Waals surface area contributed by atoms with Crippen molar-refractivity contribution in [3.8, 4) is 0 Å². The van der Waals surface area contributed by atoms with E-state index >= 15 is 0 Å². The predicted molar refractivity (Wildman–Crippen MR) is 154 cm³/mol. The van der Waals surface area contributed by atoms with Crippen molar-refractivity contribution in [1.29, 1.82) is 0 Å². The van der Waals surface area contributed by atoms with Crippen LogP contribution in [0.15, 0.2) is 121 Å². The van der Waals surface area contributed by atoms with E-state index in [1.165, 1.54) is 0 Å². The number of hydrogen-bond acceptors (Lipinski definition) is 2. The molecule has 4 aromatic rings. The molecule has 0 unspecified atom stereocenters. The lowest BCUT2D eigenvalue weighted by Gasteiger charge is -2.18. The largest absolute Gasteiger partial charge is 0.355 e. The molecular weight excluding hydrogens is 468 g/mol. The highest BCUT2D eigenvalue weighted by atomic mass is 16.2. The van der Waals surface area contributed by atoms with E-state index in [-0.39, 0.29) is 23.7 Å². The smallest absolute Gasteiger partial charge is 0.232 e. The minimum absolute atomic E-state index is 0.0301. The summed E-state index contributed by atoms with van der Waals surface area (Å²) in [7, 11) is 0. The van der Waals surface area contributed by atoms with Gasteiger partial charge in [-0.1, -0.05) is 134 Å². The molecule has 0 fully saturated rings. The van der Waals surface area contributed by atoms with Crippen LogP contribution in [0.4, 0.5) is 0 Å². The van der Waals surface area contributed by atoms with Gasteiger partial charge in [-0.15, -0.1) is 0 Å². The van der Waals surface area contributed by atoms with Gasteiger partial charge in [-0.2, -0.15) is 0 Å². The first-order chi connectivity index (χ1) is 18.7. The summed E-state index contributed by atoms with van der Waals surface area (Å²) in [6.45, 7) is 1.29. The third-order valence-electron chi connectivity index (χ3n) is 6.76. The second-order valence-corrected chi connectivity index (χ2v) is 9.51. The van der Waals surface area contributed by atoms with Crippen molar-refractivity contribution in [2.75, 3.05) is 13.1 Å². The van der Waals surface area contributed by atoms with Gasteiger partial charge in [0.05, 0.1) is 11.8 Å². The average molecular weight is 505 g/mol. The molecule has 0 saturated carbocycles. The topological polar surface area (TPSA) is 58.2 Å². The summed E-state index contributed by atoms with van der Waals surface area (Å²) in [5.74, 6) is -0.561. The normalized spacial score (nSPS) is 10.9. The van der Waals surface area contributed by atoms with Crippen molar-refractivity contribution < 1.29 is 9.59 Å². The summed E-state index contributed by atoms with van der Waals surface area (Å²) in [6.07, 6.45) is 3.82. The number of rotatable bonds is 13. The van der Waals surface area contributed by atoms with Gasteiger partial charge in [0.15, 0.2) is 0 Å². The van der Waals surface area contributed by atoms with Crippen LogP contribution in [0.2, 0.25) is 0 Å². The first kappa shape index (κ1) is 26.9. The number of nitrogens with one attached hydrogen (secondary N) is 2. The van der Waals surface area contributed by atoms with Crippen LogP contribution < -0.4 is 10.6 Å². The Labute approximate surface area is 226 Å². The molecule has 4 rings (SSSR count). The lowest BCUT2D eigenvalue weighted by Crippen LogP contribution is -2.31. The fraction of sp³-hybridized carbons (Fsp3) is 0.235. The molecule has 2 amide bonds. The zero-order valence-electron chi connectivity index (χ0n) is 21.8. The minimum Gasteiger partial charge on any atom is -0.355 e. The summed E-state index contributed by atoms with van der Waals surface area (Å²) < 4.78 is 0. The molecule has 0 atom stereocenters. The summed E-state index contributed by atoms with van der Waals surface area (Å²) in [5, 5.41) is 6.26. The van der Waals surface area contributed by atoms with Gasteiger partial charge < -0.3 is 10.6 Å². The van der Waals surface area contributed by atoms with Gasteiger partial charge in [-0.05, 0) is 35.1 Å². The Kier molecular flexibility index (Phi) is 10.3. The van der Waals surface area contributed by atoms with Crippen LogP contribution >= 0.6 is 0 Å². The van der Waals surface area contributed by atoms with Gasteiger partial charge in [0.25, 0.3) is 0 Å². The molecule has 0 bridgehead atoms. The third-order valence-corrected chi connectivity index (χ3v) is 6.76. The van der Waals surface area contributed by atoms with Crippen molar-refractivity contribution in [2.24, 2.45) is 0 Å². The second kappa shape index (κ2) is 14.5. The number of unbranched alkanes of at least 4 members (excludes halogenated alkanes) is 3. The van der Waals surface area contributed by atoms with Crippen molar-refractivity contribution in [3.05, 3.63) is 144 Å². The van der Waals surface area contributed by atoms with E-state index in [0.717, 1.165) is 47.9 Å². The van der Waals surface area contributed by atoms with Crippen LogP contribution in [0.5, 0.6) is 0 Å². The lowest BCUT2D eigenvalue weighted by molar-refractivity contribution is -0.122. The quantitative estimate of drug-likeness (QED) is 0.206. The van der Waals surface area contributed by atoms with Crippen molar-refractivity contribution in [3.63, 3.8) is 0 Å². The fourth-order valence-electron chi connectivity index (χ4n) is 4.80. The maximum atomic E-state index is 13.1. The van der Waals surface area contributed by atoms with Crippen LogP contribution in [0.3, 0.4) is 0 Å². The van der Waals surface area contributed by atoms with E-state index in [1.54, 1.807) is 0 Å². The molecule has 0 spiro atoms. The van der Waals surface area contributed by atoms with E-state index < -0.39 is 0 Å². The Morgan fingerprint density at radius 3 is 0.947 bits per heavy atom. The molecule has 4 nitrogen and oxygen atoms in total. The highest BCUT2D eigenvalue weighted by molar-refractivity contribution is 5.87. The summed E-state index contributed by atoms with van der Waals surface area (Å²) in [6, 6.07) is 39.7. The van der Waals surface area contributed by atoms with Crippen molar-refractivity contribution >= 4 is 11.8 Å². The standard InChI is InChI=1S/C34H36N2O2/c37-33(31(27-17-7-3-8-18-27)28-19-9-4-10-20-28)35-25-15-1-2-16-26-36-34(38)32(29-21-11-5-12-22-29)30-23-13-6-14-24-30/h3-14,17-24,31-32H,1-2,15-16,25-26H2,(H,35,37)(H,36,38). The van der Waals surface area contributed by atoms with E-state index in [1.807, 2.05) is 121 Å². The van der Waals surface area contributed by atoms with E-state index in [4.69, 9.17) is 0 Å². The zero-order chi connectivity index (χ0) is 26.4. The molecule has 0 aliphatic carbocycles. The van der Waals surface area contributed by atoms with Crippen LogP contribution in [0.25, 0.3) is 0 Å².